The SMILES string of the molecule is Cc1cc(NC(=O)c2cnn(-c3ccccn3)c2C)nn1-c1ccc(Cl)cc1Cl. The van der Waals surface area contributed by atoms with Crippen LogP contribution in [0.1, 0.15) is 21.7 Å². The van der Waals surface area contributed by atoms with Crippen LogP contribution in [0.15, 0.2) is 54.9 Å². The number of aryl methyl sites for hydroxylation is 1. The van der Waals surface area contributed by atoms with Crippen molar-refractivity contribution in [2.24, 2.45) is 0 Å². The molecule has 29 heavy (non-hydrogen) atoms. The molecule has 0 saturated carbocycles. The fraction of sp³-hybridized carbons (Fsp3) is 0.100. The van der Waals surface area contributed by atoms with E-state index in [0.717, 1.165) is 5.69 Å². The van der Waals surface area contributed by atoms with Crippen molar-refractivity contribution in [3.05, 3.63) is 81.9 Å². The number of nitrogens with one attached hydrogen (secondary N) is 1. The molecule has 0 unspecified atom stereocenters. The van der Waals surface area contributed by atoms with Crippen LogP contribution in [0.4, 0.5) is 5.82 Å². The molecule has 0 aliphatic rings. The number of pyridine rings is 1. The molecule has 9 heteroatoms. The van der Waals surface area contributed by atoms with Gasteiger partial charge in [0.25, 0.3) is 5.91 Å². The fourth-order valence-corrected chi connectivity index (χ4v) is 3.45. The summed E-state index contributed by atoms with van der Waals surface area (Å²) in [6.07, 6.45) is 3.19. The Bertz CT molecular complexity index is 1200. The van der Waals surface area contributed by atoms with E-state index in [-0.39, 0.29) is 5.91 Å². The molecule has 7 nitrogen and oxygen atoms in total. The largest absolute Gasteiger partial charge is 0.305 e. The Kier molecular flexibility index (Phi) is 5.08. The average Bonchev–Trinajstić information content (AvgIpc) is 3.25. The number of hydrogen-bond acceptors (Lipinski definition) is 4. The Balaban J connectivity index is 1.59. The van der Waals surface area contributed by atoms with Gasteiger partial charge < -0.3 is 5.32 Å². The molecule has 0 aliphatic carbocycles. The lowest BCUT2D eigenvalue weighted by molar-refractivity contribution is 0.102. The zero-order valence-corrected chi connectivity index (χ0v) is 17.1. The minimum atomic E-state index is -0.309. The molecule has 1 aromatic carbocycles. The van der Waals surface area contributed by atoms with Crippen LogP contribution in [0.3, 0.4) is 0 Å². The third-order valence-corrected chi connectivity index (χ3v) is 4.93. The van der Waals surface area contributed by atoms with Crippen molar-refractivity contribution in [3.8, 4) is 11.5 Å². The zero-order chi connectivity index (χ0) is 20.5. The molecule has 0 radical (unpaired) electrons. The van der Waals surface area contributed by atoms with E-state index in [1.165, 1.54) is 6.20 Å². The maximum absolute atomic E-state index is 12.8. The summed E-state index contributed by atoms with van der Waals surface area (Å²) in [5.41, 5.74) is 2.60. The van der Waals surface area contributed by atoms with E-state index in [0.29, 0.717) is 38.6 Å². The van der Waals surface area contributed by atoms with E-state index in [1.54, 1.807) is 39.8 Å². The lowest BCUT2D eigenvalue weighted by atomic mass is 10.2. The lowest BCUT2D eigenvalue weighted by Gasteiger charge is -2.07. The summed E-state index contributed by atoms with van der Waals surface area (Å²) < 4.78 is 3.27. The molecule has 0 atom stereocenters. The molecule has 1 N–H and O–H groups in total. The molecule has 0 saturated heterocycles. The second-order valence-electron chi connectivity index (χ2n) is 6.38. The Morgan fingerprint density at radius 2 is 1.90 bits per heavy atom. The number of halogens is 2. The molecule has 0 aliphatic heterocycles. The molecular formula is C20H16Cl2N6O. The lowest BCUT2D eigenvalue weighted by Crippen LogP contribution is -2.14. The van der Waals surface area contributed by atoms with Crippen LogP contribution in [0.2, 0.25) is 10.0 Å². The van der Waals surface area contributed by atoms with Gasteiger partial charge in [0, 0.05) is 23.0 Å². The van der Waals surface area contributed by atoms with E-state index >= 15 is 0 Å². The smallest absolute Gasteiger partial charge is 0.260 e. The van der Waals surface area contributed by atoms with Gasteiger partial charge in [-0.3, -0.25) is 4.79 Å². The molecular weight excluding hydrogens is 411 g/mol. The van der Waals surface area contributed by atoms with Gasteiger partial charge in [-0.2, -0.15) is 5.10 Å². The summed E-state index contributed by atoms with van der Waals surface area (Å²) in [7, 11) is 0. The van der Waals surface area contributed by atoms with E-state index in [1.807, 2.05) is 32.0 Å². The summed E-state index contributed by atoms with van der Waals surface area (Å²) >= 11 is 12.2. The van der Waals surface area contributed by atoms with Crippen molar-refractivity contribution in [2.75, 3.05) is 5.32 Å². The molecule has 0 spiro atoms. The first-order valence-corrected chi connectivity index (χ1v) is 9.49. The first kappa shape index (κ1) is 19.2. The minimum Gasteiger partial charge on any atom is -0.305 e. The minimum absolute atomic E-state index is 0.309. The van der Waals surface area contributed by atoms with Crippen molar-refractivity contribution >= 4 is 34.9 Å². The van der Waals surface area contributed by atoms with Gasteiger partial charge in [-0.05, 0) is 44.2 Å². The molecule has 3 aromatic heterocycles. The van der Waals surface area contributed by atoms with Crippen molar-refractivity contribution in [3.63, 3.8) is 0 Å². The highest BCUT2D eigenvalue weighted by atomic mass is 35.5. The van der Waals surface area contributed by atoms with E-state index < -0.39 is 0 Å². The van der Waals surface area contributed by atoms with Crippen LogP contribution in [0, 0.1) is 13.8 Å². The summed E-state index contributed by atoms with van der Waals surface area (Å²) in [5.74, 6) is 0.738. The number of aromatic nitrogens is 5. The van der Waals surface area contributed by atoms with Gasteiger partial charge in [0.1, 0.15) is 0 Å². The van der Waals surface area contributed by atoms with Crippen molar-refractivity contribution in [2.45, 2.75) is 13.8 Å². The predicted molar refractivity (Wildman–Crippen MR) is 112 cm³/mol. The van der Waals surface area contributed by atoms with Crippen LogP contribution in [0.5, 0.6) is 0 Å². The number of anilines is 1. The molecule has 4 aromatic rings. The van der Waals surface area contributed by atoms with Gasteiger partial charge in [0.05, 0.1) is 28.2 Å². The Morgan fingerprint density at radius 3 is 2.62 bits per heavy atom. The molecule has 1 amide bonds. The number of amides is 1. The van der Waals surface area contributed by atoms with Crippen molar-refractivity contribution in [1.82, 2.24) is 24.5 Å². The average molecular weight is 427 g/mol. The monoisotopic (exact) mass is 426 g/mol. The van der Waals surface area contributed by atoms with Crippen molar-refractivity contribution in [1.29, 1.82) is 0 Å². The number of rotatable bonds is 4. The van der Waals surface area contributed by atoms with Gasteiger partial charge in [0.15, 0.2) is 11.6 Å². The van der Waals surface area contributed by atoms with Gasteiger partial charge in [-0.25, -0.2) is 14.3 Å². The maximum Gasteiger partial charge on any atom is 0.260 e. The third kappa shape index (κ3) is 3.74. The Hall–Kier alpha value is -3.16. The van der Waals surface area contributed by atoms with Gasteiger partial charge in [-0.15, -0.1) is 5.10 Å². The van der Waals surface area contributed by atoms with Crippen LogP contribution >= 0.6 is 23.2 Å². The van der Waals surface area contributed by atoms with Crippen LogP contribution in [-0.4, -0.2) is 30.5 Å². The standard InChI is InChI=1S/C20H16Cl2N6O/c1-12-9-18(26-27(12)17-7-6-14(21)10-16(17)22)25-20(29)15-11-24-28(13(15)2)19-5-3-4-8-23-19/h3-11H,1-2H3,(H,25,26,29). The van der Waals surface area contributed by atoms with E-state index in [2.05, 4.69) is 20.5 Å². The predicted octanol–water partition coefficient (Wildman–Crippen LogP) is 4.63. The number of carbonyl (C=O) groups is 1. The normalized spacial score (nSPS) is 10.9. The van der Waals surface area contributed by atoms with Gasteiger partial charge in [0.2, 0.25) is 0 Å². The highest BCUT2D eigenvalue weighted by Crippen LogP contribution is 2.26. The quantitative estimate of drug-likeness (QED) is 0.515. The topological polar surface area (TPSA) is 77.6 Å². The molecule has 4 rings (SSSR count). The van der Waals surface area contributed by atoms with Crippen LogP contribution in [-0.2, 0) is 0 Å². The first-order valence-electron chi connectivity index (χ1n) is 8.73. The Labute approximate surface area is 176 Å². The fourth-order valence-electron chi connectivity index (χ4n) is 2.96. The first-order chi connectivity index (χ1) is 13.9. The van der Waals surface area contributed by atoms with Gasteiger partial charge in [-0.1, -0.05) is 29.3 Å². The highest BCUT2D eigenvalue weighted by Gasteiger charge is 2.18. The van der Waals surface area contributed by atoms with Crippen LogP contribution in [0.25, 0.3) is 11.5 Å². The van der Waals surface area contributed by atoms with Crippen molar-refractivity contribution < 1.29 is 4.79 Å². The number of carbonyl (C=O) groups excluding carboxylic acids is 1. The number of hydrogen-bond donors (Lipinski definition) is 1. The molecule has 0 fully saturated rings. The van der Waals surface area contributed by atoms with E-state index in [9.17, 15) is 4.79 Å². The number of benzene rings is 1. The summed E-state index contributed by atoms with van der Waals surface area (Å²) in [5, 5.41) is 12.5. The third-order valence-electron chi connectivity index (χ3n) is 4.39. The second kappa shape index (κ2) is 7.69. The molecule has 3 heterocycles. The summed E-state index contributed by atoms with van der Waals surface area (Å²) in [6.45, 7) is 3.69. The summed E-state index contributed by atoms with van der Waals surface area (Å²) in [6, 6.07) is 12.4. The van der Waals surface area contributed by atoms with E-state index in [4.69, 9.17) is 23.2 Å². The number of nitrogens with zero attached hydrogens (tertiary/aromatic N) is 5. The van der Waals surface area contributed by atoms with Gasteiger partial charge >= 0.3 is 0 Å². The zero-order valence-electron chi connectivity index (χ0n) is 15.6. The Morgan fingerprint density at radius 1 is 1.07 bits per heavy atom. The second-order valence-corrected chi connectivity index (χ2v) is 7.22. The molecule has 146 valence electrons. The molecule has 0 bridgehead atoms. The highest BCUT2D eigenvalue weighted by molar-refractivity contribution is 6.35. The maximum atomic E-state index is 12.8. The summed E-state index contributed by atoms with van der Waals surface area (Å²) in [4.78, 5) is 17.0. The van der Waals surface area contributed by atoms with Crippen LogP contribution < -0.4 is 5.32 Å².